The summed E-state index contributed by atoms with van der Waals surface area (Å²) in [5, 5.41) is 0. The fraction of sp³-hybridized carbons (Fsp3) is 0.429. The van der Waals surface area contributed by atoms with Crippen molar-refractivity contribution in [2.75, 3.05) is 4.90 Å². The summed E-state index contributed by atoms with van der Waals surface area (Å²) in [5.74, 6) is 0.128. The van der Waals surface area contributed by atoms with Gasteiger partial charge in [-0.25, -0.2) is 9.38 Å². The lowest BCUT2D eigenvalue weighted by atomic mass is 9.87. The normalized spacial score (nSPS) is 21.1. The highest BCUT2D eigenvalue weighted by Crippen LogP contribution is 2.39. The van der Waals surface area contributed by atoms with Crippen molar-refractivity contribution >= 4 is 33.5 Å². The van der Waals surface area contributed by atoms with E-state index in [0.717, 1.165) is 32.1 Å². The standard InChI is InChI=1S/C14H17BrFN5/c15-10-5-4-9(8-11(10)16)21-13(18)19-12(17)20-14(21)6-2-1-3-7-14/h4-5,8H,1-3,6-7H2,(H4,17,18,19,20). The summed E-state index contributed by atoms with van der Waals surface area (Å²) < 4.78 is 14.3. The molecule has 1 aromatic rings. The Bertz CT molecular complexity index is 622. The van der Waals surface area contributed by atoms with Gasteiger partial charge in [0.25, 0.3) is 0 Å². The van der Waals surface area contributed by atoms with Crippen LogP contribution >= 0.6 is 15.9 Å². The quantitative estimate of drug-likeness (QED) is 0.814. The summed E-state index contributed by atoms with van der Waals surface area (Å²) in [5.41, 5.74) is 12.0. The molecule has 0 atom stereocenters. The van der Waals surface area contributed by atoms with Gasteiger partial charge in [-0.2, -0.15) is 4.99 Å². The van der Waals surface area contributed by atoms with Crippen LogP contribution in [0.3, 0.4) is 0 Å². The zero-order chi connectivity index (χ0) is 15.0. The maximum Gasteiger partial charge on any atom is 0.220 e. The van der Waals surface area contributed by atoms with Gasteiger partial charge in [0.05, 0.1) is 4.47 Å². The highest BCUT2D eigenvalue weighted by molar-refractivity contribution is 9.10. The molecule has 3 rings (SSSR count). The first-order chi connectivity index (χ1) is 10.0. The molecule has 4 N–H and O–H groups in total. The second kappa shape index (κ2) is 5.29. The average molecular weight is 354 g/mol. The molecule has 1 fully saturated rings. The molecule has 1 aromatic carbocycles. The van der Waals surface area contributed by atoms with Crippen LogP contribution in [-0.4, -0.2) is 17.6 Å². The van der Waals surface area contributed by atoms with E-state index in [4.69, 9.17) is 11.5 Å². The number of aliphatic imine (C=N–C) groups is 2. The molecular formula is C14H17BrFN5. The van der Waals surface area contributed by atoms with E-state index in [1.165, 1.54) is 6.07 Å². The third kappa shape index (κ3) is 2.50. The minimum atomic E-state index is -0.533. The highest BCUT2D eigenvalue weighted by Gasteiger charge is 2.42. The van der Waals surface area contributed by atoms with E-state index in [0.29, 0.717) is 10.2 Å². The summed E-state index contributed by atoms with van der Waals surface area (Å²) >= 11 is 3.16. The van der Waals surface area contributed by atoms with Crippen molar-refractivity contribution in [1.29, 1.82) is 0 Å². The monoisotopic (exact) mass is 353 g/mol. The summed E-state index contributed by atoms with van der Waals surface area (Å²) in [4.78, 5) is 10.4. The van der Waals surface area contributed by atoms with Crippen LogP contribution in [0.1, 0.15) is 32.1 Å². The third-order valence-corrected chi connectivity index (χ3v) is 4.66. The van der Waals surface area contributed by atoms with Crippen molar-refractivity contribution in [3.05, 3.63) is 28.5 Å². The maximum absolute atomic E-state index is 13.9. The number of hydrogen-bond donors (Lipinski definition) is 2. The molecule has 7 heteroatoms. The Hall–Kier alpha value is -1.63. The second-order valence-electron chi connectivity index (χ2n) is 5.42. The Balaban J connectivity index is 2.08. The number of guanidine groups is 2. The van der Waals surface area contributed by atoms with Gasteiger partial charge in [-0.15, -0.1) is 0 Å². The van der Waals surface area contributed by atoms with Gasteiger partial charge in [0.15, 0.2) is 0 Å². The van der Waals surface area contributed by atoms with E-state index in [9.17, 15) is 4.39 Å². The van der Waals surface area contributed by atoms with E-state index in [1.807, 2.05) is 11.0 Å². The molecule has 21 heavy (non-hydrogen) atoms. The van der Waals surface area contributed by atoms with E-state index in [1.54, 1.807) is 6.07 Å². The Labute approximate surface area is 131 Å². The van der Waals surface area contributed by atoms with Crippen molar-refractivity contribution in [3.63, 3.8) is 0 Å². The van der Waals surface area contributed by atoms with Gasteiger partial charge in [-0.05, 0) is 59.8 Å². The van der Waals surface area contributed by atoms with Gasteiger partial charge >= 0.3 is 0 Å². The summed E-state index contributed by atoms with van der Waals surface area (Å²) in [7, 11) is 0. The third-order valence-electron chi connectivity index (χ3n) is 4.01. The van der Waals surface area contributed by atoms with Crippen LogP contribution in [0.4, 0.5) is 10.1 Å². The first kappa shape index (κ1) is 14.3. The van der Waals surface area contributed by atoms with Gasteiger partial charge < -0.3 is 11.5 Å². The molecule has 1 aliphatic carbocycles. The van der Waals surface area contributed by atoms with Crippen LogP contribution in [0, 0.1) is 5.82 Å². The van der Waals surface area contributed by atoms with E-state index in [-0.39, 0.29) is 17.7 Å². The summed E-state index contributed by atoms with van der Waals surface area (Å²) in [6, 6.07) is 4.92. The fourth-order valence-corrected chi connectivity index (χ4v) is 3.37. The molecule has 1 heterocycles. The number of benzene rings is 1. The largest absolute Gasteiger partial charge is 0.369 e. The predicted octanol–water partition coefficient (Wildman–Crippen LogP) is 2.70. The lowest BCUT2D eigenvalue weighted by Crippen LogP contribution is -2.58. The fourth-order valence-electron chi connectivity index (χ4n) is 3.12. The molecule has 0 aromatic heterocycles. The van der Waals surface area contributed by atoms with E-state index >= 15 is 0 Å². The van der Waals surface area contributed by atoms with Crippen LogP contribution in [-0.2, 0) is 0 Å². The number of halogens is 2. The van der Waals surface area contributed by atoms with Crippen molar-refractivity contribution in [1.82, 2.24) is 0 Å². The number of nitrogens with two attached hydrogens (primary N) is 2. The molecular weight excluding hydrogens is 337 g/mol. The zero-order valence-electron chi connectivity index (χ0n) is 11.5. The van der Waals surface area contributed by atoms with Crippen LogP contribution in [0.25, 0.3) is 0 Å². The maximum atomic E-state index is 13.9. The first-order valence-electron chi connectivity index (χ1n) is 6.97. The molecule has 1 saturated carbocycles. The Morgan fingerprint density at radius 2 is 1.90 bits per heavy atom. The van der Waals surface area contributed by atoms with Gasteiger partial charge in [0.2, 0.25) is 11.9 Å². The average Bonchev–Trinajstić information content (AvgIpc) is 2.42. The smallest absolute Gasteiger partial charge is 0.220 e. The molecule has 5 nitrogen and oxygen atoms in total. The van der Waals surface area contributed by atoms with Crippen LogP contribution in [0.2, 0.25) is 0 Å². The minimum absolute atomic E-state index is 0.197. The van der Waals surface area contributed by atoms with Crippen molar-refractivity contribution in [2.24, 2.45) is 21.5 Å². The molecule has 1 spiro atoms. The van der Waals surface area contributed by atoms with Crippen LogP contribution in [0.5, 0.6) is 0 Å². The second-order valence-corrected chi connectivity index (χ2v) is 6.27. The van der Waals surface area contributed by atoms with Crippen LogP contribution in [0.15, 0.2) is 32.7 Å². The van der Waals surface area contributed by atoms with Crippen molar-refractivity contribution in [3.8, 4) is 0 Å². The molecule has 0 radical (unpaired) electrons. The Kier molecular flexibility index (Phi) is 3.61. The molecule has 2 aliphatic rings. The number of nitrogens with zero attached hydrogens (tertiary/aromatic N) is 3. The van der Waals surface area contributed by atoms with E-state index in [2.05, 4.69) is 25.9 Å². The number of rotatable bonds is 1. The first-order valence-corrected chi connectivity index (χ1v) is 7.76. The lowest BCUT2D eigenvalue weighted by Gasteiger charge is -2.45. The van der Waals surface area contributed by atoms with Gasteiger partial charge in [-0.3, -0.25) is 4.90 Å². The van der Waals surface area contributed by atoms with Gasteiger partial charge in [0.1, 0.15) is 11.5 Å². The molecule has 1 aliphatic heterocycles. The zero-order valence-corrected chi connectivity index (χ0v) is 13.1. The summed E-state index contributed by atoms with van der Waals surface area (Å²) in [6.45, 7) is 0. The lowest BCUT2D eigenvalue weighted by molar-refractivity contribution is 0.305. The van der Waals surface area contributed by atoms with Crippen LogP contribution < -0.4 is 16.4 Å². The van der Waals surface area contributed by atoms with Gasteiger partial charge in [0, 0.05) is 5.69 Å². The highest BCUT2D eigenvalue weighted by atomic mass is 79.9. The van der Waals surface area contributed by atoms with Crippen molar-refractivity contribution in [2.45, 2.75) is 37.8 Å². The molecule has 0 bridgehead atoms. The Morgan fingerprint density at radius 1 is 1.19 bits per heavy atom. The van der Waals surface area contributed by atoms with Gasteiger partial charge in [-0.1, -0.05) is 6.42 Å². The SMILES string of the molecule is NC1=NC2(CCCCC2)N(c2ccc(Br)c(F)c2)C(N)=N1. The topological polar surface area (TPSA) is 80.0 Å². The Morgan fingerprint density at radius 3 is 2.57 bits per heavy atom. The van der Waals surface area contributed by atoms with Crippen molar-refractivity contribution < 1.29 is 4.39 Å². The molecule has 0 saturated heterocycles. The molecule has 112 valence electrons. The molecule has 0 unspecified atom stereocenters. The molecule has 0 amide bonds. The number of hydrogen-bond acceptors (Lipinski definition) is 5. The van der Waals surface area contributed by atoms with E-state index < -0.39 is 5.66 Å². The summed E-state index contributed by atoms with van der Waals surface area (Å²) in [6.07, 6.45) is 4.92. The minimum Gasteiger partial charge on any atom is -0.369 e. The number of anilines is 1. The predicted molar refractivity (Wildman–Crippen MR) is 85.6 cm³/mol.